The van der Waals surface area contributed by atoms with Gasteiger partial charge in [-0.1, -0.05) is 36.4 Å². The lowest BCUT2D eigenvalue weighted by atomic mass is 10.0. The maximum absolute atomic E-state index is 13.1. The molecule has 0 amide bonds. The standard InChI is InChI=1S/C17H18FNO/c1-13(14-6-3-2-4-7-14)19-11-17(12-19)20-16-9-5-8-15(18)10-16/h2-10,13,17H,11-12H2,1H3. The minimum absolute atomic E-state index is 0.156. The van der Waals surface area contributed by atoms with E-state index in [4.69, 9.17) is 4.74 Å². The van der Waals surface area contributed by atoms with Gasteiger partial charge in [0.05, 0.1) is 0 Å². The molecule has 2 aromatic carbocycles. The second-order valence-electron chi connectivity index (χ2n) is 5.24. The van der Waals surface area contributed by atoms with Crippen molar-refractivity contribution in [1.82, 2.24) is 4.90 Å². The Bertz CT molecular complexity index is 566. The van der Waals surface area contributed by atoms with E-state index >= 15 is 0 Å². The van der Waals surface area contributed by atoms with Crippen LogP contribution in [0.25, 0.3) is 0 Å². The van der Waals surface area contributed by atoms with Gasteiger partial charge in [-0.3, -0.25) is 4.90 Å². The first-order valence-corrected chi connectivity index (χ1v) is 6.93. The van der Waals surface area contributed by atoms with Crippen molar-refractivity contribution in [3.8, 4) is 5.75 Å². The van der Waals surface area contributed by atoms with Gasteiger partial charge in [-0.05, 0) is 24.6 Å². The van der Waals surface area contributed by atoms with Crippen molar-refractivity contribution in [2.45, 2.75) is 19.1 Å². The monoisotopic (exact) mass is 271 g/mol. The highest BCUT2D eigenvalue weighted by Crippen LogP contribution is 2.27. The zero-order valence-electron chi connectivity index (χ0n) is 11.5. The summed E-state index contributed by atoms with van der Waals surface area (Å²) < 4.78 is 18.8. The number of hydrogen-bond donors (Lipinski definition) is 0. The summed E-state index contributed by atoms with van der Waals surface area (Å²) in [5.41, 5.74) is 1.32. The average Bonchev–Trinajstić information content (AvgIpc) is 2.43. The Labute approximate surface area is 118 Å². The van der Waals surface area contributed by atoms with Crippen molar-refractivity contribution in [1.29, 1.82) is 0 Å². The first-order chi connectivity index (χ1) is 9.72. The van der Waals surface area contributed by atoms with Gasteiger partial charge in [0.2, 0.25) is 0 Å². The van der Waals surface area contributed by atoms with Crippen molar-refractivity contribution in [2.24, 2.45) is 0 Å². The number of likely N-dealkylation sites (tertiary alicyclic amines) is 1. The summed E-state index contributed by atoms with van der Waals surface area (Å²) in [5, 5.41) is 0. The van der Waals surface area contributed by atoms with E-state index in [2.05, 4.69) is 36.1 Å². The molecule has 2 nitrogen and oxygen atoms in total. The molecule has 1 saturated heterocycles. The van der Waals surface area contributed by atoms with Gasteiger partial charge in [-0.2, -0.15) is 0 Å². The van der Waals surface area contributed by atoms with Crippen molar-refractivity contribution in [2.75, 3.05) is 13.1 Å². The van der Waals surface area contributed by atoms with Crippen molar-refractivity contribution >= 4 is 0 Å². The van der Waals surface area contributed by atoms with E-state index in [0.29, 0.717) is 11.8 Å². The molecule has 104 valence electrons. The number of hydrogen-bond acceptors (Lipinski definition) is 2. The number of rotatable bonds is 4. The van der Waals surface area contributed by atoms with Crippen LogP contribution in [-0.4, -0.2) is 24.1 Å². The molecule has 0 saturated carbocycles. The number of halogens is 1. The summed E-state index contributed by atoms with van der Waals surface area (Å²) in [4.78, 5) is 2.36. The molecule has 0 aromatic heterocycles. The molecule has 1 atom stereocenters. The molecule has 1 heterocycles. The number of ether oxygens (including phenoxy) is 1. The normalized spacial score (nSPS) is 17.5. The van der Waals surface area contributed by atoms with Gasteiger partial charge in [0, 0.05) is 25.2 Å². The molecule has 0 aliphatic carbocycles. The molecule has 1 aliphatic rings. The lowest BCUT2D eigenvalue weighted by Gasteiger charge is -2.42. The third-order valence-corrected chi connectivity index (χ3v) is 3.80. The average molecular weight is 271 g/mol. The number of nitrogens with zero attached hydrogens (tertiary/aromatic N) is 1. The van der Waals surface area contributed by atoms with Crippen LogP contribution in [0.1, 0.15) is 18.5 Å². The van der Waals surface area contributed by atoms with Crippen LogP contribution in [-0.2, 0) is 0 Å². The molecule has 0 N–H and O–H groups in total. The fourth-order valence-corrected chi connectivity index (χ4v) is 2.54. The lowest BCUT2D eigenvalue weighted by molar-refractivity contribution is -0.00535. The Balaban J connectivity index is 1.54. The molecule has 1 unspecified atom stereocenters. The Morgan fingerprint density at radius 2 is 1.85 bits per heavy atom. The van der Waals surface area contributed by atoms with Crippen molar-refractivity contribution in [3.63, 3.8) is 0 Å². The highest BCUT2D eigenvalue weighted by molar-refractivity contribution is 5.23. The van der Waals surface area contributed by atoms with Crippen LogP contribution in [0.5, 0.6) is 5.75 Å². The first-order valence-electron chi connectivity index (χ1n) is 6.93. The SMILES string of the molecule is CC(c1ccccc1)N1CC(Oc2cccc(F)c2)C1. The smallest absolute Gasteiger partial charge is 0.126 e. The Kier molecular flexibility index (Phi) is 3.70. The second-order valence-corrected chi connectivity index (χ2v) is 5.24. The maximum Gasteiger partial charge on any atom is 0.126 e. The minimum atomic E-state index is -0.253. The van der Waals surface area contributed by atoms with E-state index in [1.165, 1.54) is 17.7 Å². The number of benzene rings is 2. The summed E-state index contributed by atoms with van der Waals surface area (Å²) in [6.45, 7) is 3.97. The molecule has 1 fully saturated rings. The molecule has 0 radical (unpaired) electrons. The molecule has 0 bridgehead atoms. The van der Waals surface area contributed by atoms with Gasteiger partial charge >= 0.3 is 0 Å². The highest BCUT2D eigenvalue weighted by Gasteiger charge is 2.32. The van der Waals surface area contributed by atoms with E-state index in [1.807, 2.05) is 6.07 Å². The van der Waals surface area contributed by atoms with Crippen LogP contribution in [0.15, 0.2) is 54.6 Å². The van der Waals surface area contributed by atoms with Crippen LogP contribution in [0, 0.1) is 5.82 Å². The highest BCUT2D eigenvalue weighted by atomic mass is 19.1. The summed E-state index contributed by atoms with van der Waals surface area (Å²) in [6, 6.07) is 17.2. The van der Waals surface area contributed by atoms with Gasteiger partial charge in [-0.15, -0.1) is 0 Å². The minimum Gasteiger partial charge on any atom is -0.488 e. The fraction of sp³-hybridized carbons (Fsp3) is 0.294. The molecular weight excluding hydrogens is 253 g/mol. The predicted octanol–water partition coefficient (Wildman–Crippen LogP) is 3.65. The summed E-state index contributed by atoms with van der Waals surface area (Å²) in [5.74, 6) is 0.360. The molecule has 3 heteroatoms. The summed E-state index contributed by atoms with van der Waals surface area (Å²) in [6.07, 6.45) is 0.156. The van der Waals surface area contributed by atoms with Crippen molar-refractivity contribution in [3.05, 3.63) is 66.0 Å². The largest absolute Gasteiger partial charge is 0.488 e. The molecule has 2 aromatic rings. The fourth-order valence-electron chi connectivity index (χ4n) is 2.54. The molecular formula is C17H18FNO. The molecule has 20 heavy (non-hydrogen) atoms. The van der Waals surface area contributed by atoms with Gasteiger partial charge in [0.15, 0.2) is 0 Å². The third kappa shape index (κ3) is 2.83. The quantitative estimate of drug-likeness (QED) is 0.841. The van der Waals surface area contributed by atoms with Crippen LogP contribution >= 0.6 is 0 Å². The summed E-state index contributed by atoms with van der Waals surface area (Å²) >= 11 is 0. The zero-order valence-corrected chi connectivity index (χ0v) is 11.5. The Morgan fingerprint density at radius 3 is 2.55 bits per heavy atom. The topological polar surface area (TPSA) is 12.5 Å². The van der Waals surface area contributed by atoms with Crippen LogP contribution in [0.2, 0.25) is 0 Å². The van der Waals surface area contributed by atoms with E-state index in [-0.39, 0.29) is 11.9 Å². The Morgan fingerprint density at radius 1 is 1.10 bits per heavy atom. The van der Waals surface area contributed by atoms with E-state index in [1.54, 1.807) is 12.1 Å². The molecule has 3 rings (SSSR count). The van der Waals surface area contributed by atoms with Gasteiger partial charge in [0.25, 0.3) is 0 Å². The second kappa shape index (κ2) is 5.63. The first kappa shape index (κ1) is 13.1. The molecule has 1 aliphatic heterocycles. The Hall–Kier alpha value is -1.87. The maximum atomic E-state index is 13.1. The van der Waals surface area contributed by atoms with Gasteiger partial charge in [-0.25, -0.2) is 4.39 Å². The van der Waals surface area contributed by atoms with E-state index in [0.717, 1.165) is 13.1 Å². The van der Waals surface area contributed by atoms with E-state index < -0.39 is 0 Å². The van der Waals surface area contributed by atoms with E-state index in [9.17, 15) is 4.39 Å². The van der Waals surface area contributed by atoms with Crippen molar-refractivity contribution < 1.29 is 9.13 Å². The summed E-state index contributed by atoms with van der Waals surface area (Å²) in [7, 11) is 0. The third-order valence-electron chi connectivity index (χ3n) is 3.80. The van der Waals surface area contributed by atoms with Crippen LogP contribution in [0.3, 0.4) is 0 Å². The molecule has 0 spiro atoms. The zero-order chi connectivity index (χ0) is 13.9. The van der Waals surface area contributed by atoms with Crippen LogP contribution < -0.4 is 4.74 Å². The lowest BCUT2D eigenvalue weighted by Crippen LogP contribution is -2.54. The van der Waals surface area contributed by atoms with Gasteiger partial charge in [0.1, 0.15) is 17.7 Å². The van der Waals surface area contributed by atoms with Gasteiger partial charge < -0.3 is 4.74 Å². The predicted molar refractivity (Wildman–Crippen MR) is 77.2 cm³/mol. The van der Waals surface area contributed by atoms with Crippen LogP contribution in [0.4, 0.5) is 4.39 Å².